The summed E-state index contributed by atoms with van der Waals surface area (Å²) < 4.78 is 0. The summed E-state index contributed by atoms with van der Waals surface area (Å²) in [6, 6.07) is 4.68. The minimum Gasteiger partial charge on any atom is -0.478 e. The minimum absolute atomic E-state index is 0.0798. The fraction of sp³-hybridized carbons (Fsp3) is 0.444. The molecule has 0 atom stereocenters. The Morgan fingerprint density at radius 1 is 1.08 bits per heavy atom. The predicted molar refractivity (Wildman–Crippen MR) is 94.7 cm³/mol. The molecular formula is C18H25N3O3. The van der Waals surface area contributed by atoms with Gasteiger partial charge < -0.3 is 21.9 Å². The molecule has 0 radical (unpaired) electrons. The number of nitrogens with one attached hydrogen (secondary N) is 1. The first-order valence-corrected chi connectivity index (χ1v) is 8.14. The maximum absolute atomic E-state index is 11.5. The molecule has 130 valence electrons. The quantitative estimate of drug-likeness (QED) is 0.407. The van der Waals surface area contributed by atoms with Crippen molar-refractivity contribution in [3.8, 4) is 11.8 Å². The molecule has 1 amide bonds. The number of aromatic carboxylic acids is 1. The van der Waals surface area contributed by atoms with Gasteiger partial charge in [0.1, 0.15) is 0 Å². The van der Waals surface area contributed by atoms with Crippen LogP contribution in [-0.2, 0) is 4.79 Å². The first-order chi connectivity index (χ1) is 11.6. The van der Waals surface area contributed by atoms with Crippen LogP contribution >= 0.6 is 0 Å². The average molecular weight is 331 g/mol. The summed E-state index contributed by atoms with van der Waals surface area (Å²) in [6.07, 6.45) is 5.07. The van der Waals surface area contributed by atoms with Crippen molar-refractivity contribution in [1.82, 2.24) is 0 Å². The molecule has 0 aliphatic rings. The van der Waals surface area contributed by atoms with Gasteiger partial charge in [-0.2, -0.15) is 0 Å². The van der Waals surface area contributed by atoms with Crippen LogP contribution in [0.25, 0.3) is 0 Å². The number of carbonyl (C=O) groups is 2. The van der Waals surface area contributed by atoms with Crippen molar-refractivity contribution >= 4 is 17.6 Å². The van der Waals surface area contributed by atoms with Crippen LogP contribution in [0.3, 0.4) is 0 Å². The van der Waals surface area contributed by atoms with E-state index < -0.39 is 5.97 Å². The topological polar surface area (TPSA) is 118 Å². The van der Waals surface area contributed by atoms with Gasteiger partial charge in [0.2, 0.25) is 5.91 Å². The van der Waals surface area contributed by atoms with Crippen LogP contribution in [0.1, 0.15) is 54.4 Å². The zero-order valence-electron chi connectivity index (χ0n) is 13.8. The highest BCUT2D eigenvalue weighted by atomic mass is 16.4. The fourth-order valence-electron chi connectivity index (χ4n) is 2.13. The molecule has 0 aromatic heterocycles. The fourth-order valence-corrected chi connectivity index (χ4v) is 2.13. The zero-order valence-corrected chi connectivity index (χ0v) is 13.8. The van der Waals surface area contributed by atoms with Crippen LogP contribution < -0.4 is 16.8 Å². The molecular weight excluding hydrogens is 306 g/mol. The van der Waals surface area contributed by atoms with Gasteiger partial charge in [-0.25, -0.2) is 4.79 Å². The van der Waals surface area contributed by atoms with E-state index in [2.05, 4.69) is 17.2 Å². The lowest BCUT2D eigenvalue weighted by Gasteiger charge is -2.07. The molecule has 0 aliphatic heterocycles. The van der Waals surface area contributed by atoms with Crippen LogP contribution in [0.15, 0.2) is 18.2 Å². The normalized spacial score (nSPS) is 9.92. The van der Waals surface area contributed by atoms with Gasteiger partial charge in [-0.1, -0.05) is 24.7 Å². The molecule has 0 aliphatic carbocycles. The first-order valence-electron chi connectivity index (χ1n) is 8.14. The standard InChI is InChI=1S/C18H25N3O3/c19-11-6-4-2-1-3-5-7-14-8-9-15(13-16(14)18(23)24)21-17(22)10-12-20/h8-9,13H,1-4,6,10-12,19-20H2,(H,21,22)(H,23,24). The molecule has 24 heavy (non-hydrogen) atoms. The number of carboxylic acid groups (broad SMARTS) is 1. The van der Waals surface area contributed by atoms with Crippen molar-refractivity contribution < 1.29 is 14.7 Å². The molecule has 0 heterocycles. The number of carbonyl (C=O) groups excluding carboxylic acids is 1. The zero-order chi connectivity index (χ0) is 17.8. The van der Waals surface area contributed by atoms with Gasteiger partial charge >= 0.3 is 5.97 Å². The van der Waals surface area contributed by atoms with Gasteiger partial charge in [-0.05, 0) is 37.6 Å². The first kappa shape index (κ1) is 19.7. The Balaban J connectivity index is 2.71. The molecule has 0 saturated carbocycles. The van der Waals surface area contributed by atoms with Crippen molar-refractivity contribution in [3.63, 3.8) is 0 Å². The number of carboxylic acids is 1. The Labute approximate surface area is 142 Å². The Morgan fingerprint density at radius 2 is 1.83 bits per heavy atom. The van der Waals surface area contributed by atoms with Crippen molar-refractivity contribution in [2.24, 2.45) is 11.5 Å². The molecule has 0 unspecified atom stereocenters. The van der Waals surface area contributed by atoms with Crippen LogP contribution in [0.4, 0.5) is 5.69 Å². The lowest BCUT2D eigenvalue weighted by atomic mass is 10.1. The molecule has 0 saturated heterocycles. The molecule has 6 heteroatoms. The Morgan fingerprint density at radius 3 is 2.50 bits per heavy atom. The summed E-state index contributed by atoms with van der Waals surface area (Å²) in [5.74, 6) is 4.59. The van der Waals surface area contributed by atoms with Crippen LogP contribution in [0, 0.1) is 11.8 Å². The number of benzene rings is 1. The molecule has 6 nitrogen and oxygen atoms in total. The molecule has 1 aromatic rings. The number of hydrogen-bond acceptors (Lipinski definition) is 4. The third-order valence-electron chi connectivity index (χ3n) is 3.38. The van der Waals surface area contributed by atoms with Gasteiger partial charge in [0.05, 0.1) is 5.56 Å². The van der Waals surface area contributed by atoms with E-state index >= 15 is 0 Å². The predicted octanol–water partition coefficient (Wildman–Crippen LogP) is 1.93. The van der Waals surface area contributed by atoms with E-state index in [-0.39, 0.29) is 24.4 Å². The molecule has 0 spiro atoms. The van der Waals surface area contributed by atoms with Gasteiger partial charge in [0.15, 0.2) is 0 Å². The van der Waals surface area contributed by atoms with Crippen LogP contribution in [0.5, 0.6) is 0 Å². The number of nitrogens with two attached hydrogens (primary N) is 2. The molecule has 1 aromatic carbocycles. The number of unbranched alkanes of at least 4 members (excludes halogenated alkanes) is 4. The lowest BCUT2D eigenvalue weighted by Crippen LogP contribution is -2.16. The molecule has 0 bridgehead atoms. The number of anilines is 1. The maximum Gasteiger partial charge on any atom is 0.337 e. The van der Waals surface area contributed by atoms with Crippen LogP contribution in [0.2, 0.25) is 0 Å². The SMILES string of the molecule is NCCCCCCC#Cc1ccc(NC(=O)CCN)cc1C(=O)O. The summed E-state index contributed by atoms with van der Waals surface area (Å²) in [4.78, 5) is 22.9. The second-order valence-corrected chi connectivity index (χ2v) is 5.41. The van der Waals surface area contributed by atoms with Gasteiger partial charge in [-0.15, -0.1) is 0 Å². The number of amides is 1. The summed E-state index contributed by atoms with van der Waals surface area (Å²) in [5.41, 5.74) is 11.7. The Hall–Kier alpha value is -2.36. The second-order valence-electron chi connectivity index (χ2n) is 5.41. The van der Waals surface area contributed by atoms with Crippen LogP contribution in [-0.4, -0.2) is 30.1 Å². The van der Waals surface area contributed by atoms with E-state index in [0.29, 0.717) is 17.8 Å². The van der Waals surface area contributed by atoms with Crippen molar-refractivity contribution in [1.29, 1.82) is 0 Å². The van der Waals surface area contributed by atoms with E-state index in [9.17, 15) is 14.7 Å². The number of rotatable bonds is 9. The molecule has 0 fully saturated rings. The van der Waals surface area contributed by atoms with E-state index in [1.165, 1.54) is 6.07 Å². The monoisotopic (exact) mass is 331 g/mol. The summed E-state index contributed by atoms with van der Waals surface area (Å²) in [5, 5.41) is 11.9. The molecule has 6 N–H and O–H groups in total. The van der Waals surface area contributed by atoms with Crippen molar-refractivity contribution in [2.75, 3.05) is 18.4 Å². The number of hydrogen-bond donors (Lipinski definition) is 4. The van der Waals surface area contributed by atoms with Crippen molar-refractivity contribution in [2.45, 2.75) is 38.5 Å². The summed E-state index contributed by atoms with van der Waals surface area (Å²) >= 11 is 0. The summed E-state index contributed by atoms with van der Waals surface area (Å²) in [7, 11) is 0. The largest absolute Gasteiger partial charge is 0.478 e. The van der Waals surface area contributed by atoms with E-state index in [4.69, 9.17) is 11.5 Å². The third-order valence-corrected chi connectivity index (χ3v) is 3.38. The maximum atomic E-state index is 11.5. The Bertz CT molecular complexity index is 618. The van der Waals surface area contributed by atoms with E-state index in [1.807, 2.05) is 0 Å². The van der Waals surface area contributed by atoms with Gasteiger partial charge in [0.25, 0.3) is 0 Å². The van der Waals surface area contributed by atoms with E-state index in [0.717, 1.165) is 32.1 Å². The minimum atomic E-state index is -1.07. The van der Waals surface area contributed by atoms with Crippen molar-refractivity contribution in [3.05, 3.63) is 29.3 Å². The highest BCUT2D eigenvalue weighted by Crippen LogP contribution is 2.16. The smallest absolute Gasteiger partial charge is 0.337 e. The highest BCUT2D eigenvalue weighted by molar-refractivity contribution is 5.95. The van der Waals surface area contributed by atoms with E-state index in [1.54, 1.807) is 12.1 Å². The lowest BCUT2D eigenvalue weighted by molar-refractivity contribution is -0.116. The van der Waals surface area contributed by atoms with Gasteiger partial charge in [0, 0.05) is 30.6 Å². The highest BCUT2D eigenvalue weighted by Gasteiger charge is 2.10. The second kappa shape index (κ2) is 11.2. The summed E-state index contributed by atoms with van der Waals surface area (Å²) in [6.45, 7) is 0.953. The Kier molecular flexibility index (Phi) is 9.20. The average Bonchev–Trinajstić information content (AvgIpc) is 2.55. The third kappa shape index (κ3) is 7.27. The molecule has 1 rings (SSSR count). The van der Waals surface area contributed by atoms with Gasteiger partial charge in [-0.3, -0.25) is 4.79 Å².